The Balaban J connectivity index is 1.74. The van der Waals surface area contributed by atoms with Gasteiger partial charge >= 0.3 is 0 Å². The molecule has 0 spiro atoms. The normalized spacial score (nSPS) is 23.2. The van der Waals surface area contributed by atoms with Crippen LogP contribution in [0.5, 0.6) is 0 Å². The molecule has 3 heterocycles. The minimum absolute atomic E-state index is 0.163. The Hall–Kier alpha value is -1.71. The summed E-state index contributed by atoms with van der Waals surface area (Å²) in [6, 6.07) is 3.35. The van der Waals surface area contributed by atoms with Gasteiger partial charge in [-0.05, 0) is 18.9 Å². The predicted molar refractivity (Wildman–Crippen MR) is 86.7 cm³/mol. The fourth-order valence-corrected chi connectivity index (χ4v) is 4.50. The van der Waals surface area contributed by atoms with Gasteiger partial charge in [-0.1, -0.05) is 0 Å². The van der Waals surface area contributed by atoms with E-state index in [0.717, 1.165) is 25.2 Å². The number of pyridine rings is 1. The lowest BCUT2D eigenvalue weighted by Crippen LogP contribution is -2.43. The molecular formula is C15H23N4O4S+. The molecule has 9 heteroatoms. The number of hydrogen-bond donors (Lipinski definition) is 1. The summed E-state index contributed by atoms with van der Waals surface area (Å²) >= 11 is 0. The summed E-state index contributed by atoms with van der Waals surface area (Å²) in [6.45, 7) is 2.96. The molecule has 2 aliphatic heterocycles. The Morgan fingerprint density at radius 1 is 1.25 bits per heavy atom. The summed E-state index contributed by atoms with van der Waals surface area (Å²) in [5, 5.41) is 0. The first-order chi connectivity index (χ1) is 11.5. The number of carbonyl (C=O) groups is 1. The van der Waals surface area contributed by atoms with Crippen molar-refractivity contribution in [3.05, 3.63) is 18.3 Å². The first kappa shape index (κ1) is 17.1. The molecule has 2 fully saturated rings. The van der Waals surface area contributed by atoms with Crippen molar-refractivity contribution in [2.45, 2.75) is 17.7 Å². The number of aromatic amines is 1. The number of ether oxygens (including phenoxy) is 1. The van der Waals surface area contributed by atoms with E-state index in [2.05, 4.69) is 4.98 Å². The number of amides is 1. The summed E-state index contributed by atoms with van der Waals surface area (Å²) in [5.41, 5.74) is 5.40. The maximum atomic E-state index is 12.6. The number of primary amides is 1. The zero-order chi connectivity index (χ0) is 17.2. The largest absolute Gasteiger partial charge is 0.379 e. The molecule has 1 amide bonds. The van der Waals surface area contributed by atoms with E-state index in [1.54, 1.807) is 12.1 Å². The van der Waals surface area contributed by atoms with Gasteiger partial charge in [0, 0.05) is 19.2 Å². The molecular weight excluding hydrogens is 332 g/mol. The average Bonchev–Trinajstić information content (AvgIpc) is 2.62. The van der Waals surface area contributed by atoms with Gasteiger partial charge in [0.25, 0.3) is 5.82 Å². The smallest absolute Gasteiger partial charge is 0.274 e. The highest BCUT2D eigenvalue weighted by molar-refractivity contribution is 7.89. The van der Waals surface area contributed by atoms with Crippen LogP contribution >= 0.6 is 0 Å². The molecule has 0 bridgehead atoms. The quantitative estimate of drug-likeness (QED) is 0.763. The van der Waals surface area contributed by atoms with Crippen molar-refractivity contribution < 1.29 is 22.9 Å². The topological polar surface area (TPSA) is 107 Å². The molecule has 8 nitrogen and oxygen atoms in total. The number of rotatable bonds is 4. The molecule has 0 aromatic carbocycles. The third-order valence-electron chi connectivity index (χ3n) is 4.54. The molecule has 132 valence electrons. The first-order valence-electron chi connectivity index (χ1n) is 8.12. The molecule has 0 saturated carbocycles. The van der Waals surface area contributed by atoms with Crippen molar-refractivity contribution in [3.63, 3.8) is 0 Å². The van der Waals surface area contributed by atoms with Crippen LogP contribution in [0.3, 0.4) is 0 Å². The van der Waals surface area contributed by atoms with Crippen LogP contribution in [-0.4, -0.2) is 58.0 Å². The van der Waals surface area contributed by atoms with Gasteiger partial charge in [-0.25, -0.2) is 13.4 Å². The Bertz CT molecular complexity index is 686. The Morgan fingerprint density at radius 3 is 2.62 bits per heavy atom. The van der Waals surface area contributed by atoms with Crippen LogP contribution in [0, 0.1) is 5.92 Å². The fourth-order valence-electron chi connectivity index (χ4n) is 3.12. The van der Waals surface area contributed by atoms with E-state index in [-0.39, 0.29) is 16.7 Å². The lowest BCUT2D eigenvalue weighted by molar-refractivity contribution is -0.367. The second kappa shape index (κ2) is 7.04. The van der Waals surface area contributed by atoms with E-state index < -0.39 is 10.0 Å². The number of nitrogens with zero attached hydrogens (tertiary/aromatic N) is 2. The van der Waals surface area contributed by atoms with E-state index in [1.165, 1.54) is 10.5 Å². The molecule has 3 rings (SSSR count). The van der Waals surface area contributed by atoms with Gasteiger partial charge in [-0.15, -0.1) is 0 Å². The summed E-state index contributed by atoms with van der Waals surface area (Å²) in [6.07, 6.45) is 3.19. The van der Waals surface area contributed by atoms with Crippen LogP contribution in [0.2, 0.25) is 0 Å². The zero-order valence-electron chi connectivity index (χ0n) is 13.5. The maximum absolute atomic E-state index is 12.6. The molecule has 2 saturated heterocycles. The van der Waals surface area contributed by atoms with E-state index in [1.807, 2.05) is 4.90 Å². The molecule has 1 aromatic heterocycles. The number of anilines is 1. The number of morpholine rings is 1. The minimum Gasteiger partial charge on any atom is -0.379 e. The van der Waals surface area contributed by atoms with Crippen molar-refractivity contribution in [3.8, 4) is 0 Å². The van der Waals surface area contributed by atoms with Crippen molar-refractivity contribution in [1.82, 2.24) is 4.31 Å². The second-order valence-electron chi connectivity index (χ2n) is 6.11. The summed E-state index contributed by atoms with van der Waals surface area (Å²) < 4.78 is 31.8. The highest BCUT2D eigenvalue weighted by Crippen LogP contribution is 2.21. The first-order valence-corrected chi connectivity index (χ1v) is 9.56. The van der Waals surface area contributed by atoms with Gasteiger partial charge in [-0.2, -0.15) is 4.31 Å². The lowest BCUT2D eigenvalue weighted by Gasteiger charge is -2.27. The van der Waals surface area contributed by atoms with Crippen molar-refractivity contribution in [1.29, 1.82) is 0 Å². The van der Waals surface area contributed by atoms with Crippen LogP contribution in [0.15, 0.2) is 23.2 Å². The molecule has 3 N–H and O–H groups in total. The number of piperidine rings is 1. The van der Waals surface area contributed by atoms with Gasteiger partial charge in [0.1, 0.15) is 11.1 Å². The number of hydrogen-bond acceptors (Lipinski definition) is 5. The third kappa shape index (κ3) is 3.52. The van der Waals surface area contributed by atoms with Gasteiger partial charge in [0.2, 0.25) is 15.9 Å². The van der Waals surface area contributed by atoms with Gasteiger partial charge in [-0.3, -0.25) is 9.69 Å². The van der Waals surface area contributed by atoms with E-state index in [0.29, 0.717) is 32.8 Å². The summed E-state index contributed by atoms with van der Waals surface area (Å²) in [7, 11) is -3.50. The number of aromatic nitrogens is 1. The Morgan fingerprint density at radius 2 is 2.00 bits per heavy atom. The fraction of sp³-hybridized carbons (Fsp3) is 0.600. The SMILES string of the molecule is NC(=O)[C@H]1CCCN(c2ccc(S(=O)(=O)N3CCOCC3)c[nH+]2)C1. The van der Waals surface area contributed by atoms with Crippen LogP contribution in [-0.2, 0) is 19.6 Å². The van der Waals surface area contributed by atoms with Crippen LogP contribution < -0.4 is 15.6 Å². The van der Waals surface area contributed by atoms with Gasteiger partial charge in [0.05, 0.1) is 32.2 Å². The third-order valence-corrected chi connectivity index (χ3v) is 6.43. The number of nitrogens with one attached hydrogen (secondary N) is 1. The van der Waals surface area contributed by atoms with Gasteiger partial charge in [0.15, 0.2) is 0 Å². The van der Waals surface area contributed by atoms with Crippen LogP contribution in [0.25, 0.3) is 0 Å². The molecule has 2 aliphatic rings. The number of sulfonamides is 1. The van der Waals surface area contributed by atoms with E-state index in [4.69, 9.17) is 10.5 Å². The summed E-state index contributed by atoms with van der Waals surface area (Å²) in [4.78, 5) is 16.7. The maximum Gasteiger partial charge on any atom is 0.274 e. The molecule has 0 aliphatic carbocycles. The number of carbonyl (C=O) groups excluding carboxylic acids is 1. The molecule has 24 heavy (non-hydrogen) atoms. The number of nitrogens with two attached hydrogens (primary N) is 1. The lowest BCUT2D eigenvalue weighted by atomic mass is 9.97. The molecule has 1 aromatic rings. The average molecular weight is 355 g/mol. The predicted octanol–water partition coefficient (Wildman–Crippen LogP) is -0.777. The standard InChI is InChI=1S/C15H22N4O4S/c16-15(20)12-2-1-5-18(11-12)14-4-3-13(10-17-14)24(21,22)19-6-8-23-9-7-19/h3-4,10,12H,1-2,5-9,11H2,(H2,16,20)/p+1/t12-/m0/s1. The minimum atomic E-state index is -3.50. The summed E-state index contributed by atoms with van der Waals surface area (Å²) in [5.74, 6) is 0.344. The Kier molecular flexibility index (Phi) is 5.02. The highest BCUT2D eigenvalue weighted by atomic mass is 32.2. The van der Waals surface area contributed by atoms with Crippen LogP contribution in [0.4, 0.5) is 5.82 Å². The van der Waals surface area contributed by atoms with E-state index >= 15 is 0 Å². The monoisotopic (exact) mass is 355 g/mol. The van der Waals surface area contributed by atoms with Crippen molar-refractivity contribution >= 4 is 21.7 Å². The molecule has 0 unspecified atom stereocenters. The number of H-pyrrole nitrogens is 1. The van der Waals surface area contributed by atoms with Crippen LogP contribution in [0.1, 0.15) is 12.8 Å². The molecule has 0 radical (unpaired) electrons. The zero-order valence-corrected chi connectivity index (χ0v) is 14.3. The second-order valence-corrected chi connectivity index (χ2v) is 8.05. The van der Waals surface area contributed by atoms with Gasteiger partial charge < -0.3 is 10.5 Å². The highest BCUT2D eigenvalue weighted by Gasteiger charge is 2.31. The Labute approximate surface area is 141 Å². The molecule has 1 atom stereocenters. The van der Waals surface area contributed by atoms with Crippen molar-refractivity contribution in [2.75, 3.05) is 44.3 Å². The van der Waals surface area contributed by atoms with E-state index in [9.17, 15) is 13.2 Å². The van der Waals surface area contributed by atoms with Crippen molar-refractivity contribution in [2.24, 2.45) is 11.7 Å².